The van der Waals surface area contributed by atoms with E-state index in [1.165, 1.54) is 7.11 Å². The molecule has 0 radical (unpaired) electrons. The molecule has 8 nitrogen and oxygen atoms in total. The average Bonchev–Trinajstić information content (AvgIpc) is 3.28. The number of aliphatic hydroxyl groups is 1. The molecule has 8 heteroatoms. The minimum absolute atomic E-state index is 0.00542. The third-order valence-electron chi connectivity index (χ3n) is 5.90. The number of allylic oxidation sites excluding steroid dienone is 2. The van der Waals surface area contributed by atoms with E-state index in [0.717, 1.165) is 0 Å². The SMILES string of the molecule is C=C1C(=O)OC2C1C(O)C(OC(=O)C(C)=CC)C(C(=O)OC)=CCCC1(C)OC21. The van der Waals surface area contributed by atoms with Crippen LogP contribution in [0.5, 0.6) is 0 Å². The number of ether oxygens (including phenoxy) is 4. The van der Waals surface area contributed by atoms with Crippen LogP contribution in [0.2, 0.25) is 0 Å². The van der Waals surface area contributed by atoms with Crippen LogP contribution in [0.3, 0.4) is 0 Å². The van der Waals surface area contributed by atoms with Crippen molar-refractivity contribution in [2.75, 3.05) is 7.11 Å². The van der Waals surface area contributed by atoms with Gasteiger partial charge in [-0.2, -0.15) is 0 Å². The fraction of sp³-hybridized carbons (Fsp3) is 0.571. The molecule has 6 unspecified atom stereocenters. The first-order valence-electron chi connectivity index (χ1n) is 9.52. The number of aliphatic hydroxyl groups excluding tert-OH is 1. The van der Waals surface area contributed by atoms with Crippen LogP contribution in [0, 0.1) is 5.92 Å². The van der Waals surface area contributed by atoms with Gasteiger partial charge in [-0.3, -0.25) is 0 Å². The topological polar surface area (TPSA) is 112 Å². The van der Waals surface area contributed by atoms with Gasteiger partial charge in [0.25, 0.3) is 0 Å². The largest absolute Gasteiger partial charge is 0.466 e. The van der Waals surface area contributed by atoms with Crippen LogP contribution in [-0.2, 0) is 33.3 Å². The van der Waals surface area contributed by atoms with Gasteiger partial charge in [0.1, 0.15) is 18.3 Å². The van der Waals surface area contributed by atoms with Crippen molar-refractivity contribution < 1.29 is 38.4 Å². The Morgan fingerprint density at radius 3 is 2.72 bits per heavy atom. The standard InChI is InChI=1S/C21H26O8/c1-6-10(2)18(23)27-15-12(20(25)26-5)8-7-9-21(4)17(29-21)16-13(14(15)22)11(3)19(24)28-16/h6,8,13-17,22H,3,7,9H2,1-2,4-5H3. The number of carbonyl (C=O) groups is 3. The number of hydrogen-bond donors (Lipinski definition) is 1. The van der Waals surface area contributed by atoms with Crippen LogP contribution in [0.4, 0.5) is 0 Å². The number of rotatable bonds is 3. The molecule has 29 heavy (non-hydrogen) atoms. The van der Waals surface area contributed by atoms with Gasteiger partial charge in [0, 0.05) is 11.1 Å². The monoisotopic (exact) mass is 406 g/mol. The molecule has 0 aromatic carbocycles. The molecule has 3 rings (SSSR count). The second kappa shape index (κ2) is 7.76. The molecule has 0 aromatic heterocycles. The van der Waals surface area contributed by atoms with Crippen molar-refractivity contribution in [3.63, 3.8) is 0 Å². The minimum atomic E-state index is -1.45. The Balaban J connectivity index is 2.05. The van der Waals surface area contributed by atoms with E-state index >= 15 is 0 Å². The number of fused-ring (bicyclic) bond motifs is 3. The van der Waals surface area contributed by atoms with Crippen LogP contribution >= 0.6 is 0 Å². The summed E-state index contributed by atoms with van der Waals surface area (Å²) in [5, 5.41) is 11.2. The number of methoxy groups -OCH3 is 1. The van der Waals surface area contributed by atoms with E-state index in [-0.39, 0.29) is 11.1 Å². The van der Waals surface area contributed by atoms with Crippen molar-refractivity contribution in [3.8, 4) is 0 Å². The smallest absolute Gasteiger partial charge is 0.337 e. The molecular weight excluding hydrogens is 380 g/mol. The third-order valence-corrected chi connectivity index (χ3v) is 5.90. The molecule has 2 saturated heterocycles. The maximum Gasteiger partial charge on any atom is 0.337 e. The van der Waals surface area contributed by atoms with Gasteiger partial charge in [0.2, 0.25) is 0 Å². The van der Waals surface area contributed by atoms with Crippen LogP contribution in [-0.4, -0.2) is 60.1 Å². The zero-order valence-corrected chi connectivity index (χ0v) is 17.0. The molecule has 0 bridgehead atoms. The molecule has 1 aliphatic carbocycles. The Morgan fingerprint density at radius 2 is 2.10 bits per heavy atom. The number of hydrogen-bond acceptors (Lipinski definition) is 8. The van der Waals surface area contributed by atoms with Crippen molar-refractivity contribution in [1.82, 2.24) is 0 Å². The van der Waals surface area contributed by atoms with Gasteiger partial charge >= 0.3 is 17.9 Å². The summed E-state index contributed by atoms with van der Waals surface area (Å²) in [5.41, 5.74) is -0.179. The summed E-state index contributed by atoms with van der Waals surface area (Å²) in [5.74, 6) is -2.96. The van der Waals surface area contributed by atoms with E-state index < -0.39 is 53.8 Å². The highest BCUT2D eigenvalue weighted by Gasteiger charge is 2.64. The van der Waals surface area contributed by atoms with Crippen LogP contribution in [0.25, 0.3) is 0 Å². The lowest BCUT2D eigenvalue weighted by molar-refractivity contribution is -0.154. The molecule has 0 spiro atoms. The van der Waals surface area contributed by atoms with Crippen molar-refractivity contribution in [1.29, 1.82) is 0 Å². The summed E-state index contributed by atoms with van der Waals surface area (Å²) in [6.45, 7) is 8.86. The van der Waals surface area contributed by atoms with E-state index in [0.29, 0.717) is 18.4 Å². The summed E-state index contributed by atoms with van der Waals surface area (Å²) in [4.78, 5) is 37.1. The minimum Gasteiger partial charge on any atom is -0.466 e. The molecule has 0 aromatic rings. The lowest BCUT2D eigenvalue weighted by Crippen LogP contribution is -2.46. The van der Waals surface area contributed by atoms with Crippen LogP contribution < -0.4 is 0 Å². The second-order valence-electron chi connectivity index (χ2n) is 7.75. The van der Waals surface area contributed by atoms with Gasteiger partial charge in [-0.15, -0.1) is 0 Å². The third kappa shape index (κ3) is 3.74. The van der Waals surface area contributed by atoms with Crippen LogP contribution in [0.15, 0.2) is 35.5 Å². The van der Waals surface area contributed by atoms with Gasteiger partial charge in [-0.1, -0.05) is 18.7 Å². The van der Waals surface area contributed by atoms with Gasteiger partial charge in [-0.25, -0.2) is 14.4 Å². The van der Waals surface area contributed by atoms with Gasteiger partial charge < -0.3 is 24.1 Å². The predicted octanol–water partition coefficient (Wildman–Crippen LogP) is 1.37. The number of epoxide rings is 1. The lowest BCUT2D eigenvalue weighted by atomic mass is 9.80. The van der Waals surface area contributed by atoms with Crippen molar-refractivity contribution in [2.45, 2.75) is 63.6 Å². The van der Waals surface area contributed by atoms with E-state index in [4.69, 9.17) is 18.9 Å². The Kier molecular flexibility index (Phi) is 5.69. The van der Waals surface area contributed by atoms with Crippen LogP contribution in [0.1, 0.15) is 33.6 Å². The molecular formula is C21H26O8. The van der Waals surface area contributed by atoms with E-state index in [1.54, 1.807) is 26.0 Å². The highest BCUT2D eigenvalue weighted by Crippen LogP contribution is 2.50. The molecule has 6 atom stereocenters. The lowest BCUT2D eigenvalue weighted by Gasteiger charge is -2.31. The quantitative estimate of drug-likeness (QED) is 0.324. The predicted molar refractivity (Wildman–Crippen MR) is 100 cm³/mol. The zero-order valence-electron chi connectivity index (χ0n) is 17.0. The molecule has 2 fully saturated rings. The Hall–Kier alpha value is -2.45. The summed E-state index contributed by atoms with van der Waals surface area (Å²) in [6, 6.07) is 0. The highest BCUT2D eigenvalue weighted by atomic mass is 16.6. The van der Waals surface area contributed by atoms with Gasteiger partial charge in [-0.05, 0) is 33.6 Å². The van der Waals surface area contributed by atoms with E-state index in [9.17, 15) is 19.5 Å². The Morgan fingerprint density at radius 1 is 1.41 bits per heavy atom. The van der Waals surface area contributed by atoms with E-state index in [2.05, 4.69) is 6.58 Å². The fourth-order valence-corrected chi connectivity index (χ4v) is 3.91. The normalized spacial score (nSPS) is 36.9. The molecule has 2 heterocycles. The molecule has 3 aliphatic rings. The molecule has 158 valence electrons. The van der Waals surface area contributed by atoms with Crippen molar-refractivity contribution in [3.05, 3.63) is 35.5 Å². The summed E-state index contributed by atoms with van der Waals surface area (Å²) < 4.78 is 21.6. The van der Waals surface area contributed by atoms with Gasteiger partial charge in [0.05, 0.1) is 24.2 Å². The fourth-order valence-electron chi connectivity index (χ4n) is 3.91. The summed E-state index contributed by atoms with van der Waals surface area (Å²) in [7, 11) is 1.20. The van der Waals surface area contributed by atoms with Crippen molar-refractivity contribution in [2.24, 2.45) is 5.92 Å². The first-order valence-corrected chi connectivity index (χ1v) is 9.52. The van der Waals surface area contributed by atoms with Gasteiger partial charge in [0.15, 0.2) is 6.10 Å². The Labute approximate surface area is 169 Å². The number of esters is 3. The first-order chi connectivity index (χ1) is 13.6. The molecule has 0 amide bonds. The zero-order chi connectivity index (χ0) is 21.5. The highest BCUT2D eigenvalue weighted by molar-refractivity contribution is 5.93. The maximum absolute atomic E-state index is 12.5. The van der Waals surface area contributed by atoms with E-state index in [1.807, 2.05) is 6.92 Å². The molecule has 0 saturated carbocycles. The van der Waals surface area contributed by atoms with Crippen molar-refractivity contribution >= 4 is 17.9 Å². The molecule has 2 aliphatic heterocycles. The number of carbonyl (C=O) groups excluding carboxylic acids is 3. The molecule has 1 N–H and O–H groups in total. The first kappa shape index (κ1) is 21.3. The summed E-state index contributed by atoms with van der Waals surface area (Å²) >= 11 is 0. The maximum atomic E-state index is 12.5. The average molecular weight is 406 g/mol. The Bertz CT molecular complexity index is 809. The second-order valence-corrected chi connectivity index (χ2v) is 7.75. The summed E-state index contributed by atoms with van der Waals surface area (Å²) in [6.07, 6.45) is 0.120.